The van der Waals surface area contributed by atoms with Gasteiger partial charge in [-0.05, 0) is 24.3 Å². The molecule has 0 saturated carbocycles. The molecule has 0 spiro atoms. The van der Waals surface area contributed by atoms with Gasteiger partial charge in [-0.3, -0.25) is 10.2 Å². The van der Waals surface area contributed by atoms with Gasteiger partial charge in [-0.25, -0.2) is 14.6 Å². The highest BCUT2D eigenvalue weighted by molar-refractivity contribution is 5.91. The minimum Gasteiger partial charge on any atom is -0.451 e. The first-order valence-electron chi connectivity index (χ1n) is 4.68. The van der Waals surface area contributed by atoms with Gasteiger partial charge in [0.15, 0.2) is 5.76 Å². The maximum absolute atomic E-state index is 13.4. The first-order chi connectivity index (χ1) is 8.11. The van der Waals surface area contributed by atoms with Crippen LogP contribution in [0.15, 0.2) is 34.7 Å². The Hall–Kier alpha value is -2.21. The van der Waals surface area contributed by atoms with Crippen molar-refractivity contribution in [2.24, 2.45) is 5.84 Å². The number of benzene rings is 1. The van der Waals surface area contributed by atoms with E-state index < -0.39 is 17.5 Å². The molecule has 4 nitrogen and oxygen atoms in total. The van der Waals surface area contributed by atoms with Crippen LogP contribution in [0.1, 0.15) is 10.6 Å². The second-order valence-electron chi connectivity index (χ2n) is 3.26. The molecule has 0 aliphatic heterocycles. The highest BCUT2D eigenvalue weighted by Crippen LogP contribution is 2.25. The number of hydrogen-bond donors (Lipinski definition) is 2. The molecule has 3 N–H and O–H groups in total. The van der Waals surface area contributed by atoms with Gasteiger partial charge in [-0.2, -0.15) is 0 Å². The molecule has 0 atom stereocenters. The molecule has 17 heavy (non-hydrogen) atoms. The lowest BCUT2D eigenvalue weighted by Gasteiger charge is -1.99. The van der Waals surface area contributed by atoms with Gasteiger partial charge < -0.3 is 4.42 Å². The van der Waals surface area contributed by atoms with Gasteiger partial charge in [0.2, 0.25) is 0 Å². The van der Waals surface area contributed by atoms with Crippen molar-refractivity contribution < 1.29 is 18.0 Å². The minimum atomic E-state index is -0.765. The van der Waals surface area contributed by atoms with Crippen molar-refractivity contribution in [3.63, 3.8) is 0 Å². The first kappa shape index (κ1) is 11.3. The molecule has 0 aliphatic rings. The van der Waals surface area contributed by atoms with Crippen LogP contribution in [0.5, 0.6) is 0 Å². The minimum absolute atomic E-state index is 0.0498. The summed E-state index contributed by atoms with van der Waals surface area (Å²) in [5.74, 6) is 2.92. The molecule has 0 fully saturated rings. The Morgan fingerprint density at radius 1 is 1.24 bits per heavy atom. The summed E-state index contributed by atoms with van der Waals surface area (Å²) < 4.78 is 31.2. The quantitative estimate of drug-likeness (QED) is 0.476. The van der Waals surface area contributed by atoms with Crippen LogP contribution in [0, 0.1) is 11.6 Å². The third-order valence-electron chi connectivity index (χ3n) is 2.16. The fourth-order valence-corrected chi connectivity index (χ4v) is 1.37. The number of amides is 1. The Bertz CT molecular complexity index is 566. The highest BCUT2D eigenvalue weighted by Gasteiger charge is 2.13. The van der Waals surface area contributed by atoms with E-state index in [1.54, 1.807) is 0 Å². The van der Waals surface area contributed by atoms with Crippen molar-refractivity contribution in [2.75, 3.05) is 0 Å². The average molecular weight is 238 g/mol. The molecule has 1 amide bonds. The van der Waals surface area contributed by atoms with Crippen LogP contribution >= 0.6 is 0 Å². The van der Waals surface area contributed by atoms with Crippen LogP contribution in [0.3, 0.4) is 0 Å². The zero-order valence-electron chi connectivity index (χ0n) is 8.54. The maximum atomic E-state index is 13.4. The summed E-state index contributed by atoms with van der Waals surface area (Å²) in [6, 6.07) is 5.82. The Morgan fingerprint density at radius 2 is 2.00 bits per heavy atom. The Morgan fingerprint density at radius 3 is 2.65 bits per heavy atom. The topological polar surface area (TPSA) is 68.3 Å². The molecule has 1 heterocycles. The summed E-state index contributed by atoms with van der Waals surface area (Å²) in [6.07, 6.45) is 0. The average Bonchev–Trinajstić information content (AvgIpc) is 2.77. The van der Waals surface area contributed by atoms with E-state index in [-0.39, 0.29) is 17.1 Å². The molecule has 0 unspecified atom stereocenters. The van der Waals surface area contributed by atoms with Crippen molar-refractivity contribution >= 4 is 5.91 Å². The van der Waals surface area contributed by atoms with Crippen LogP contribution < -0.4 is 11.3 Å². The summed E-state index contributed by atoms with van der Waals surface area (Å²) in [5, 5.41) is 0. The summed E-state index contributed by atoms with van der Waals surface area (Å²) in [5.41, 5.74) is 1.96. The predicted molar refractivity (Wildman–Crippen MR) is 55.7 cm³/mol. The van der Waals surface area contributed by atoms with E-state index in [0.29, 0.717) is 0 Å². The Kier molecular flexibility index (Phi) is 2.88. The third kappa shape index (κ3) is 2.16. The number of hydrazine groups is 1. The molecule has 2 rings (SSSR count). The lowest BCUT2D eigenvalue weighted by molar-refractivity contribution is 0.0927. The Balaban J connectivity index is 2.40. The van der Waals surface area contributed by atoms with Gasteiger partial charge >= 0.3 is 5.91 Å². The SMILES string of the molecule is NNC(=O)c1ccc(-c2ccc(F)cc2F)o1. The predicted octanol–water partition coefficient (Wildman–Crippen LogP) is 1.83. The van der Waals surface area contributed by atoms with Gasteiger partial charge in [-0.15, -0.1) is 0 Å². The van der Waals surface area contributed by atoms with E-state index in [9.17, 15) is 13.6 Å². The van der Waals surface area contributed by atoms with Crippen LogP contribution in [0.2, 0.25) is 0 Å². The van der Waals surface area contributed by atoms with E-state index >= 15 is 0 Å². The summed E-state index contributed by atoms with van der Waals surface area (Å²) in [7, 11) is 0. The monoisotopic (exact) mass is 238 g/mol. The number of halogens is 2. The van der Waals surface area contributed by atoms with Crippen LogP contribution in [0.4, 0.5) is 8.78 Å². The van der Waals surface area contributed by atoms with E-state index in [1.165, 1.54) is 18.2 Å². The summed E-state index contributed by atoms with van der Waals surface area (Å²) in [4.78, 5) is 11.1. The second kappa shape index (κ2) is 4.34. The number of furan rings is 1. The lowest BCUT2D eigenvalue weighted by atomic mass is 10.1. The van der Waals surface area contributed by atoms with E-state index in [2.05, 4.69) is 0 Å². The zero-order valence-corrected chi connectivity index (χ0v) is 8.54. The molecular formula is C11H8F2N2O2. The number of nitrogens with two attached hydrogens (primary N) is 1. The van der Waals surface area contributed by atoms with E-state index in [1.807, 2.05) is 5.43 Å². The number of carbonyl (C=O) groups is 1. The molecule has 0 aliphatic carbocycles. The smallest absolute Gasteiger partial charge is 0.300 e. The second-order valence-corrected chi connectivity index (χ2v) is 3.26. The Labute approximate surface area is 95.0 Å². The fraction of sp³-hybridized carbons (Fsp3) is 0. The molecule has 6 heteroatoms. The van der Waals surface area contributed by atoms with Gasteiger partial charge in [-0.1, -0.05) is 0 Å². The fourth-order valence-electron chi connectivity index (χ4n) is 1.37. The van der Waals surface area contributed by atoms with Crippen molar-refractivity contribution in [1.29, 1.82) is 0 Å². The van der Waals surface area contributed by atoms with Gasteiger partial charge in [0.05, 0.1) is 5.56 Å². The zero-order chi connectivity index (χ0) is 12.4. The molecule has 0 bridgehead atoms. The van der Waals surface area contributed by atoms with Gasteiger partial charge in [0.1, 0.15) is 17.4 Å². The summed E-state index contributed by atoms with van der Waals surface area (Å²) in [6.45, 7) is 0. The van der Waals surface area contributed by atoms with Crippen LogP contribution in [0.25, 0.3) is 11.3 Å². The molecule has 0 saturated heterocycles. The van der Waals surface area contributed by atoms with E-state index in [4.69, 9.17) is 10.3 Å². The van der Waals surface area contributed by atoms with E-state index in [0.717, 1.165) is 12.1 Å². The molecule has 1 aromatic heterocycles. The molecular weight excluding hydrogens is 230 g/mol. The standard InChI is InChI=1S/C11H8F2N2O2/c12-6-1-2-7(8(13)5-6)9-3-4-10(17-9)11(16)15-14/h1-5H,14H2,(H,15,16). The van der Waals surface area contributed by atoms with Crippen molar-refractivity contribution in [3.8, 4) is 11.3 Å². The van der Waals surface area contributed by atoms with Gasteiger partial charge in [0, 0.05) is 6.07 Å². The molecule has 88 valence electrons. The lowest BCUT2D eigenvalue weighted by Crippen LogP contribution is -2.29. The van der Waals surface area contributed by atoms with Crippen LogP contribution in [-0.2, 0) is 0 Å². The number of nitrogen functional groups attached to an aromatic ring is 1. The largest absolute Gasteiger partial charge is 0.451 e. The van der Waals surface area contributed by atoms with Crippen molar-refractivity contribution in [2.45, 2.75) is 0 Å². The molecule has 2 aromatic rings. The van der Waals surface area contributed by atoms with Crippen LogP contribution in [-0.4, -0.2) is 5.91 Å². The first-order valence-corrected chi connectivity index (χ1v) is 4.68. The number of carbonyl (C=O) groups excluding carboxylic acids is 1. The van der Waals surface area contributed by atoms with Gasteiger partial charge in [0.25, 0.3) is 0 Å². The normalized spacial score (nSPS) is 10.3. The van der Waals surface area contributed by atoms with Crippen molar-refractivity contribution in [3.05, 3.63) is 47.7 Å². The maximum Gasteiger partial charge on any atom is 0.300 e. The molecule has 0 radical (unpaired) electrons. The third-order valence-corrected chi connectivity index (χ3v) is 2.16. The molecule has 1 aromatic carbocycles. The number of hydrogen-bond acceptors (Lipinski definition) is 3. The van der Waals surface area contributed by atoms with Crippen molar-refractivity contribution in [1.82, 2.24) is 5.43 Å². The number of rotatable bonds is 2. The highest BCUT2D eigenvalue weighted by atomic mass is 19.1. The number of nitrogens with one attached hydrogen (secondary N) is 1. The summed E-state index contributed by atoms with van der Waals surface area (Å²) >= 11 is 0.